The summed E-state index contributed by atoms with van der Waals surface area (Å²) in [5.74, 6) is 2.52. The maximum Gasteiger partial charge on any atom is 0.230 e. The van der Waals surface area contributed by atoms with Crippen LogP contribution >= 0.6 is 0 Å². The van der Waals surface area contributed by atoms with Gasteiger partial charge in [0.15, 0.2) is 0 Å². The number of benzene rings is 1. The van der Waals surface area contributed by atoms with Gasteiger partial charge in [-0.15, -0.1) is 0 Å². The summed E-state index contributed by atoms with van der Waals surface area (Å²) in [5, 5.41) is 13.1. The Morgan fingerprint density at radius 2 is 2.13 bits per heavy atom. The first-order valence-corrected chi connectivity index (χ1v) is 10.4. The number of hydrogen-bond donors (Lipinski definition) is 0. The number of rotatable bonds is 6. The van der Waals surface area contributed by atoms with Crippen molar-refractivity contribution in [2.45, 2.75) is 25.2 Å². The van der Waals surface area contributed by atoms with Crippen LogP contribution < -0.4 is 4.74 Å². The van der Waals surface area contributed by atoms with Crippen molar-refractivity contribution in [2.24, 2.45) is 5.41 Å². The summed E-state index contributed by atoms with van der Waals surface area (Å²) in [7, 11) is 0. The minimum atomic E-state index is 0.317. The van der Waals surface area contributed by atoms with Crippen molar-refractivity contribution in [3.05, 3.63) is 60.2 Å². The van der Waals surface area contributed by atoms with E-state index in [9.17, 15) is 0 Å². The van der Waals surface area contributed by atoms with E-state index < -0.39 is 0 Å². The average molecular weight is 401 g/mol. The zero-order valence-electron chi connectivity index (χ0n) is 16.7. The Balaban J connectivity index is 1.11. The first-order valence-electron chi connectivity index (χ1n) is 10.4. The summed E-state index contributed by atoms with van der Waals surface area (Å²) in [6.45, 7) is 3.63. The number of hydrogen-bond acceptors (Lipinski definition) is 7. The highest BCUT2D eigenvalue weighted by atomic mass is 16.5. The average Bonchev–Trinajstić information content (AvgIpc) is 3.27. The first-order chi connectivity index (χ1) is 14.8. The van der Waals surface area contributed by atoms with Crippen LogP contribution in [0.25, 0.3) is 11.4 Å². The van der Waals surface area contributed by atoms with Gasteiger partial charge in [0.2, 0.25) is 11.7 Å². The summed E-state index contributed by atoms with van der Waals surface area (Å²) >= 11 is 0. The topological polar surface area (TPSA) is 88.1 Å². The van der Waals surface area contributed by atoms with Gasteiger partial charge in [-0.25, -0.2) is 0 Å². The molecule has 2 fully saturated rings. The molecule has 30 heavy (non-hydrogen) atoms. The van der Waals surface area contributed by atoms with E-state index >= 15 is 0 Å². The molecule has 3 aromatic rings. The minimum Gasteiger partial charge on any atom is -0.492 e. The lowest BCUT2D eigenvalue weighted by molar-refractivity contribution is 0.141. The Kier molecular flexibility index (Phi) is 4.93. The van der Waals surface area contributed by atoms with E-state index in [0.29, 0.717) is 29.3 Å². The van der Waals surface area contributed by atoms with Crippen LogP contribution in [0.1, 0.15) is 36.6 Å². The van der Waals surface area contributed by atoms with E-state index in [2.05, 4.69) is 26.1 Å². The summed E-state index contributed by atoms with van der Waals surface area (Å²) in [4.78, 5) is 11.2. The highest BCUT2D eigenvalue weighted by Gasteiger charge is 2.58. The molecule has 0 unspecified atom stereocenters. The van der Waals surface area contributed by atoms with Crippen LogP contribution in [-0.4, -0.2) is 46.3 Å². The number of ether oxygens (including phenoxy) is 1. The van der Waals surface area contributed by atoms with E-state index in [0.717, 1.165) is 56.1 Å². The van der Waals surface area contributed by atoms with Gasteiger partial charge in [-0.2, -0.15) is 10.2 Å². The second-order valence-corrected chi connectivity index (χ2v) is 8.15. The quantitative estimate of drug-likeness (QED) is 0.623. The Bertz CT molecular complexity index is 1050. The molecule has 152 valence electrons. The predicted octanol–water partition coefficient (Wildman–Crippen LogP) is 3.65. The van der Waals surface area contributed by atoms with Gasteiger partial charge in [-0.3, -0.25) is 9.88 Å². The van der Waals surface area contributed by atoms with E-state index in [1.165, 1.54) is 0 Å². The van der Waals surface area contributed by atoms with Crippen LogP contribution in [0.2, 0.25) is 0 Å². The van der Waals surface area contributed by atoms with Gasteiger partial charge in [-0.05, 0) is 68.1 Å². The Labute approximate surface area is 175 Å². The maximum absolute atomic E-state index is 8.98. The third kappa shape index (κ3) is 3.79. The molecule has 0 radical (unpaired) electrons. The largest absolute Gasteiger partial charge is 0.492 e. The number of nitriles is 1. The molecular weight excluding hydrogens is 378 g/mol. The van der Waals surface area contributed by atoms with Crippen molar-refractivity contribution in [3.63, 3.8) is 0 Å². The number of aromatic nitrogens is 3. The molecule has 7 nitrogen and oxygen atoms in total. The maximum atomic E-state index is 8.98. The van der Waals surface area contributed by atoms with E-state index in [1.807, 2.05) is 24.3 Å². The van der Waals surface area contributed by atoms with Gasteiger partial charge in [0.25, 0.3) is 0 Å². The fourth-order valence-corrected chi connectivity index (χ4v) is 4.41. The summed E-state index contributed by atoms with van der Waals surface area (Å²) in [5.41, 5.74) is 1.83. The summed E-state index contributed by atoms with van der Waals surface area (Å²) < 4.78 is 11.4. The van der Waals surface area contributed by atoms with Crippen LogP contribution in [0.15, 0.2) is 53.3 Å². The highest BCUT2D eigenvalue weighted by Crippen LogP contribution is 2.64. The zero-order chi connectivity index (χ0) is 20.4. The molecule has 5 rings (SSSR count). The van der Waals surface area contributed by atoms with Gasteiger partial charge in [0.05, 0.1) is 11.6 Å². The summed E-state index contributed by atoms with van der Waals surface area (Å²) in [6.07, 6.45) is 6.92. The Morgan fingerprint density at radius 1 is 1.23 bits per heavy atom. The number of pyridine rings is 1. The molecule has 1 aliphatic carbocycles. The zero-order valence-corrected chi connectivity index (χ0v) is 16.7. The molecule has 0 amide bonds. The smallest absolute Gasteiger partial charge is 0.230 e. The van der Waals surface area contributed by atoms with Crippen molar-refractivity contribution in [1.29, 1.82) is 5.26 Å². The lowest BCUT2D eigenvalue weighted by atomic mass is 9.91. The van der Waals surface area contributed by atoms with E-state index in [-0.39, 0.29) is 0 Å². The summed E-state index contributed by atoms with van der Waals surface area (Å²) in [6, 6.07) is 13.3. The fraction of sp³-hybridized carbons (Fsp3) is 0.391. The second-order valence-electron chi connectivity index (χ2n) is 8.15. The van der Waals surface area contributed by atoms with Crippen molar-refractivity contribution >= 4 is 0 Å². The number of piperidine rings is 1. The Morgan fingerprint density at radius 3 is 2.93 bits per heavy atom. The van der Waals surface area contributed by atoms with Crippen LogP contribution in [0.3, 0.4) is 0 Å². The van der Waals surface area contributed by atoms with Gasteiger partial charge in [0, 0.05) is 30.4 Å². The molecular formula is C23H23N5O2. The molecule has 7 heteroatoms. The van der Waals surface area contributed by atoms with Crippen LogP contribution in [0, 0.1) is 16.7 Å². The molecule has 3 heterocycles. The minimum absolute atomic E-state index is 0.317. The Hall–Kier alpha value is -3.24. The van der Waals surface area contributed by atoms with Gasteiger partial charge >= 0.3 is 0 Å². The van der Waals surface area contributed by atoms with Crippen LogP contribution in [-0.2, 0) is 0 Å². The molecule has 1 saturated carbocycles. The SMILES string of the molecule is N#Cc1cccc(OCCN2CCC3(CC2)C[C@@H]3c2nc(-c3cccnc3)no2)c1. The molecule has 2 aromatic heterocycles. The molecule has 1 aliphatic heterocycles. The lowest BCUT2D eigenvalue weighted by Gasteiger charge is -2.32. The predicted molar refractivity (Wildman–Crippen MR) is 110 cm³/mol. The molecule has 0 N–H and O–H groups in total. The van der Waals surface area contributed by atoms with Crippen molar-refractivity contribution in [3.8, 4) is 23.2 Å². The highest BCUT2D eigenvalue weighted by molar-refractivity contribution is 5.52. The van der Waals surface area contributed by atoms with Gasteiger partial charge < -0.3 is 9.26 Å². The lowest BCUT2D eigenvalue weighted by Crippen LogP contribution is -2.37. The molecule has 0 bridgehead atoms. The second kappa shape index (κ2) is 7.88. The first kappa shape index (κ1) is 18.8. The monoisotopic (exact) mass is 401 g/mol. The van der Waals surface area contributed by atoms with Crippen molar-refractivity contribution < 1.29 is 9.26 Å². The standard InChI is InChI=1S/C23H23N5O2/c24-15-17-3-1-5-19(13-17)29-12-11-28-9-6-23(7-10-28)14-20(23)22-26-21(27-30-22)18-4-2-8-25-16-18/h1-5,8,13,16,20H,6-7,9-12,14H2/t20-/m1/s1. The van der Waals surface area contributed by atoms with Gasteiger partial charge in [0.1, 0.15) is 12.4 Å². The normalized spacial score (nSPS) is 20.0. The van der Waals surface area contributed by atoms with E-state index in [1.54, 1.807) is 24.5 Å². The van der Waals surface area contributed by atoms with E-state index in [4.69, 9.17) is 14.5 Å². The molecule has 1 spiro atoms. The molecule has 2 aliphatic rings. The molecule has 1 saturated heterocycles. The molecule has 1 aromatic carbocycles. The third-order valence-electron chi connectivity index (χ3n) is 6.34. The third-order valence-corrected chi connectivity index (χ3v) is 6.34. The van der Waals surface area contributed by atoms with Gasteiger partial charge in [-0.1, -0.05) is 11.2 Å². The van der Waals surface area contributed by atoms with Crippen LogP contribution in [0.4, 0.5) is 0 Å². The van der Waals surface area contributed by atoms with Crippen molar-refractivity contribution in [2.75, 3.05) is 26.2 Å². The fourth-order valence-electron chi connectivity index (χ4n) is 4.41. The van der Waals surface area contributed by atoms with Crippen LogP contribution in [0.5, 0.6) is 5.75 Å². The number of likely N-dealkylation sites (tertiary alicyclic amines) is 1. The molecule has 1 atom stereocenters. The number of nitrogens with zero attached hydrogens (tertiary/aromatic N) is 5. The van der Waals surface area contributed by atoms with Crippen molar-refractivity contribution in [1.82, 2.24) is 20.0 Å².